The molecule has 1 atom stereocenters. The minimum absolute atomic E-state index is 0. The van der Waals surface area contributed by atoms with Crippen LogP contribution in [0, 0.1) is 29.1 Å². The predicted molar refractivity (Wildman–Crippen MR) is 159 cm³/mol. The molecule has 2 fully saturated rings. The summed E-state index contributed by atoms with van der Waals surface area (Å²) in [7, 11) is -5.35. The van der Waals surface area contributed by atoms with E-state index >= 15 is 0 Å². The van der Waals surface area contributed by atoms with Crippen molar-refractivity contribution in [1.82, 2.24) is 19.5 Å². The number of carbonyl (C=O) groups excluding carboxylic acids is 1. The highest BCUT2D eigenvalue weighted by molar-refractivity contribution is 7.89. The van der Waals surface area contributed by atoms with Gasteiger partial charge in [0, 0.05) is 23.8 Å². The van der Waals surface area contributed by atoms with E-state index in [0.29, 0.717) is 21.3 Å². The quantitative estimate of drug-likeness (QED) is 0.157. The van der Waals surface area contributed by atoms with E-state index in [1.807, 2.05) is 6.07 Å². The SMILES string of the molecule is Cl.O=C([C@H]1CCN1S(=O)(=O)c1c(F)c(F)c(F)c(F)c1F)N(Cc1ccc(C2CCCCC2)cn1)c1ccc2c(=O)[nH]ncc2c1. The number of benzene rings is 2. The molecular formula is C30H27ClF5N5O4S. The van der Waals surface area contributed by atoms with Crippen molar-refractivity contribution in [2.24, 2.45) is 0 Å². The van der Waals surface area contributed by atoms with Crippen molar-refractivity contribution in [3.8, 4) is 0 Å². The molecule has 3 heterocycles. The van der Waals surface area contributed by atoms with Crippen molar-refractivity contribution in [3.05, 3.63) is 93.4 Å². The molecule has 46 heavy (non-hydrogen) atoms. The van der Waals surface area contributed by atoms with Gasteiger partial charge in [-0.1, -0.05) is 25.3 Å². The monoisotopic (exact) mass is 683 g/mol. The summed E-state index contributed by atoms with van der Waals surface area (Å²) in [6.07, 6.45) is 8.54. The van der Waals surface area contributed by atoms with Crippen molar-refractivity contribution < 1.29 is 35.2 Å². The molecule has 4 aromatic rings. The second kappa shape index (κ2) is 13.0. The smallest absolute Gasteiger partial charge is 0.272 e. The zero-order valence-corrected chi connectivity index (χ0v) is 25.6. The van der Waals surface area contributed by atoms with Gasteiger partial charge in [0.05, 0.1) is 23.8 Å². The van der Waals surface area contributed by atoms with Gasteiger partial charge in [-0.2, -0.15) is 9.40 Å². The number of carbonyl (C=O) groups is 1. The Balaban J connectivity index is 0.00000417. The lowest BCUT2D eigenvalue weighted by molar-refractivity contribution is -0.125. The van der Waals surface area contributed by atoms with Crippen LogP contribution in [0.4, 0.5) is 27.6 Å². The van der Waals surface area contributed by atoms with Crippen molar-refractivity contribution in [2.75, 3.05) is 11.4 Å². The summed E-state index contributed by atoms with van der Waals surface area (Å²) in [5, 5.41) is 6.72. The first kappa shape index (κ1) is 33.4. The zero-order chi connectivity index (χ0) is 32.0. The third-order valence-electron chi connectivity index (χ3n) is 8.46. The molecule has 0 spiro atoms. The number of H-pyrrole nitrogens is 1. The number of fused-ring (bicyclic) bond motifs is 1. The highest BCUT2D eigenvalue weighted by atomic mass is 35.5. The molecule has 1 amide bonds. The number of pyridine rings is 1. The number of anilines is 1. The minimum atomic E-state index is -5.35. The average Bonchev–Trinajstić information content (AvgIpc) is 3.01. The first-order chi connectivity index (χ1) is 21.5. The van der Waals surface area contributed by atoms with Gasteiger partial charge in [0.1, 0.15) is 6.04 Å². The topological polar surface area (TPSA) is 116 Å². The number of halogens is 6. The van der Waals surface area contributed by atoms with Crippen LogP contribution in [0.3, 0.4) is 0 Å². The fourth-order valence-corrected chi connectivity index (χ4v) is 7.67. The van der Waals surface area contributed by atoms with Crippen LogP contribution in [0.15, 0.2) is 52.4 Å². The Morgan fingerprint density at radius 3 is 2.20 bits per heavy atom. The number of amides is 1. The number of aromatic nitrogens is 3. The van der Waals surface area contributed by atoms with Gasteiger partial charge in [-0.15, -0.1) is 12.4 Å². The summed E-state index contributed by atoms with van der Waals surface area (Å²) in [4.78, 5) is 29.9. The molecule has 2 aromatic carbocycles. The maximum Gasteiger partial charge on any atom is 0.272 e. The number of nitrogens with one attached hydrogen (secondary N) is 1. The summed E-state index contributed by atoms with van der Waals surface area (Å²) in [5.74, 6) is -12.8. The third-order valence-corrected chi connectivity index (χ3v) is 10.4. The number of sulfonamides is 1. The van der Waals surface area contributed by atoms with E-state index in [-0.39, 0.29) is 36.4 Å². The molecule has 0 unspecified atom stereocenters. The fraction of sp³-hybridized carbons (Fsp3) is 0.333. The Morgan fingerprint density at radius 2 is 1.59 bits per heavy atom. The molecule has 2 aliphatic rings. The molecule has 244 valence electrons. The van der Waals surface area contributed by atoms with E-state index in [1.54, 1.807) is 12.3 Å². The second-order valence-electron chi connectivity index (χ2n) is 11.1. The van der Waals surface area contributed by atoms with Crippen LogP contribution in [0.2, 0.25) is 0 Å². The van der Waals surface area contributed by atoms with Crippen LogP contribution in [0.25, 0.3) is 10.8 Å². The lowest BCUT2D eigenvalue weighted by Gasteiger charge is -2.41. The Labute approximate surface area is 265 Å². The maximum absolute atomic E-state index is 14.5. The third kappa shape index (κ3) is 5.86. The van der Waals surface area contributed by atoms with E-state index in [4.69, 9.17) is 0 Å². The molecule has 0 radical (unpaired) electrons. The van der Waals surface area contributed by atoms with E-state index in [1.165, 1.54) is 35.7 Å². The van der Waals surface area contributed by atoms with E-state index in [2.05, 4.69) is 15.2 Å². The van der Waals surface area contributed by atoms with Gasteiger partial charge >= 0.3 is 0 Å². The van der Waals surface area contributed by atoms with E-state index in [9.17, 15) is 40.0 Å². The summed E-state index contributed by atoms with van der Waals surface area (Å²) in [6.45, 7) is -0.559. The van der Waals surface area contributed by atoms with Crippen LogP contribution in [-0.4, -0.2) is 46.4 Å². The van der Waals surface area contributed by atoms with Crippen molar-refractivity contribution >= 4 is 44.8 Å². The van der Waals surface area contributed by atoms with Gasteiger partial charge < -0.3 is 4.90 Å². The van der Waals surface area contributed by atoms with Crippen LogP contribution >= 0.6 is 12.4 Å². The number of rotatable bonds is 7. The summed E-state index contributed by atoms with van der Waals surface area (Å²) in [6, 6.07) is 6.56. The molecule has 1 aliphatic heterocycles. The minimum Gasteiger partial charge on any atom is -0.305 e. The Morgan fingerprint density at radius 1 is 0.913 bits per heavy atom. The van der Waals surface area contributed by atoms with Gasteiger partial charge in [0.25, 0.3) is 5.56 Å². The Hall–Kier alpha value is -3.95. The summed E-state index contributed by atoms with van der Waals surface area (Å²) in [5.41, 5.74) is 1.27. The first-order valence-corrected chi connectivity index (χ1v) is 15.7. The second-order valence-corrected chi connectivity index (χ2v) is 13.0. The lowest BCUT2D eigenvalue weighted by atomic mass is 9.85. The van der Waals surface area contributed by atoms with Crippen LogP contribution in [0.5, 0.6) is 0 Å². The zero-order valence-electron chi connectivity index (χ0n) is 24.0. The molecule has 6 rings (SSSR count). The van der Waals surface area contributed by atoms with Gasteiger partial charge in [-0.3, -0.25) is 14.6 Å². The maximum atomic E-state index is 14.5. The molecule has 1 saturated heterocycles. The number of hydrogen-bond acceptors (Lipinski definition) is 6. The van der Waals surface area contributed by atoms with Gasteiger partial charge in [-0.05, 0) is 55.0 Å². The average molecular weight is 684 g/mol. The van der Waals surface area contributed by atoms with Crippen molar-refractivity contribution in [1.29, 1.82) is 0 Å². The van der Waals surface area contributed by atoms with Crippen molar-refractivity contribution in [3.63, 3.8) is 0 Å². The molecule has 0 bridgehead atoms. The van der Waals surface area contributed by atoms with Gasteiger partial charge in [-0.25, -0.2) is 35.5 Å². The largest absolute Gasteiger partial charge is 0.305 e. The Bertz CT molecular complexity index is 1940. The number of hydrogen-bond donors (Lipinski definition) is 1. The molecule has 1 N–H and O–H groups in total. The fourth-order valence-electron chi connectivity index (χ4n) is 5.92. The first-order valence-electron chi connectivity index (χ1n) is 14.3. The molecule has 9 nitrogen and oxygen atoms in total. The highest BCUT2D eigenvalue weighted by Crippen LogP contribution is 2.36. The molecule has 16 heteroatoms. The number of nitrogens with zero attached hydrogens (tertiary/aromatic N) is 4. The Kier molecular flexibility index (Phi) is 9.47. The lowest BCUT2D eigenvalue weighted by Crippen LogP contribution is -2.59. The summed E-state index contributed by atoms with van der Waals surface area (Å²) < 4.78 is 97.5. The van der Waals surface area contributed by atoms with E-state index in [0.717, 1.165) is 31.2 Å². The van der Waals surface area contributed by atoms with Gasteiger partial charge in [0.2, 0.25) is 21.7 Å². The molecule has 2 aromatic heterocycles. The predicted octanol–water partition coefficient (Wildman–Crippen LogP) is 5.48. The highest BCUT2D eigenvalue weighted by Gasteiger charge is 2.48. The normalized spacial score (nSPS) is 17.4. The van der Waals surface area contributed by atoms with Crippen LogP contribution in [0.1, 0.15) is 55.7 Å². The standard InChI is InChI=1S/C30H26F5N5O4S.ClH/c31-23-24(32)26(34)28(27(35)25(23)33)45(43,44)40-11-10-22(40)30(42)39(20-8-9-21-18(12-20)14-37-38-29(21)41)15-19-7-6-17(13-36-19)16-4-2-1-3-5-16;/h6-9,12-14,16,22H,1-5,10-11,15H2,(H,38,41);1H/t22-;/m1./s1. The van der Waals surface area contributed by atoms with E-state index < -0.39 is 68.1 Å². The number of aromatic amines is 1. The van der Waals surface area contributed by atoms with Crippen LogP contribution < -0.4 is 10.5 Å². The van der Waals surface area contributed by atoms with Crippen molar-refractivity contribution in [2.45, 2.75) is 61.9 Å². The van der Waals surface area contributed by atoms with Crippen LogP contribution in [-0.2, 0) is 21.4 Å². The molecule has 1 aliphatic carbocycles. The van der Waals surface area contributed by atoms with Gasteiger partial charge in [0.15, 0.2) is 28.2 Å². The summed E-state index contributed by atoms with van der Waals surface area (Å²) >= 11 is 0. The molecular weight excluding hydrogens is 657 g/mol. The molecule has 1 saturated carbocycles.